The van der Waals surface area contributed by atoms with Crippen LogP contribution in [0.25, 0.3) is 0 Å². The van der Waals surface area contributed by atoms with E-state index in [0.717, 1.165) is 72.3 Å². The van der Waals surface area contributed by atoms with Crippen LogP contribution in [0.4, 0.5) is 0 Å². The Balaban J connectivity index is 0.00000118. The highest BCUT2D eigenvalue weighted by atomic mass is 16.5. The lowest BCUT2D eigenvalue weighted by molar-refractivity contribution is -0.697. The van der Waals surface area contributed by atoms with Gasteiger partial charge in [-0.15, -0.1) is 0 Å². The molecule has 0 radical (unpaired) electrons. The molecule has 24 heavy (non-hydrogen) atoms. The fourth-order valence-corrected chi connectivity index (χ4v) is 1.88. The number of hydrogen-bond acceptors (Lipinski definition) is 5. The summed E-state index contributed by atoms with van der Waals surface area (Å²) in [5.41, 5.74) is 0. The summed E-state index contributed by atoms with van der Waals surface area (Å²) in [5.74, 6) is -1.08. The van der Waals surface area contributed by atoms with E-state index in [0.29, 0.717) is 0 Å². The molecule has 0 spiro atoms. The van der Waals surface area contributed by atoms with Crippen LogP contribution in [0.15, 0.2) is 18.7 Å². The predicted octanol–water partition coefficient (Wildman–Crippen LogP) is 0.402. The quantitative estimate of drug-likeness (QED) is 0.382. The molecule has 0 saturated heterocycles. The van der Waals surface area contributed by atoms with Crippen molar-refractivity contribution in [3.8, 4) is 0 Å². The van der Waals surface area contributed by atoms with Gasteiger partial charge in [-0.25, -0.2) is 9.13 Å². The largest absolute Gasteiger partial charge is 0.550 e. The third-order valence-corrected chi connectivity index (χ3v) is 3.03. The van der Waals surface area contributed by atoms with E-state index in [2.05, 4.69) is 34.8 Å². The Morgan fingerprint density at radius 2 is 1.62 bits per heavy atom. The summed E-state index contributed by atoms with van der Waals surface area (Å²) in [4.78, 5) is 8.89. The van der Waals surface area contributed by atoms with Crippen molar-refractivity contribution in [3.63, 3.8) is 0 Å². The molecule has 1 aromatic heterocycles. The zero-order valence-corrected chi connectivity index (χ0v) is 15.2. The van der Waals surface area contributed by atoms with Gasteiger partial charge >= 0.3 is 0 Å². The second-order valence-electron chi connectivity index (χ2n) is 5.25. The van der Waals surface area contributed by atoms with Gasteiger partial charge in [-0.1, -0.05) is 0 Å². The van der Waals surface area contributed by atoms with Crippen molar-refractivity contribution in [2.24, 2.45) is 0 Å². The summed E-state index contributed by atoms with van der Waals surface area (Å²) in [6.45, 7) is 9.07. The van der Waals surface area contributed by atoms with Gasteiger partial charge < -0.3 is 24.1 Å². The molecule has 0 N–H and O–H groups in total. The first-order valence-electron chi connectivity index (χ1n) is 8.47. The van der Waals surface area contributed by atoms with Gasteiger partial charge in [0.25, 0.3) is 0 Å². The maximum absolute atomic E-state index is 8.89. The molecule has 0 saturated carbocycles. The Hall–Kier alpha value is -1.44. The number of hydrogen-bond donors (Lipinski definition) is 0. The lowest BCUT2D eigenvalue weighted by Gasteiger charge is -2.05. The second kappa shape index (κ2) is 16.4. The van der Waals surface area contributed by atoms with Crippen molar-refractivity contribution in [1.29, 1.82) is 0 Å². The first-order chi connectivity index (χ1) is 11.6. The highest BCUT2D eigenvalue weighted by Crippen LogP contribution is 1.91. The SMILES string of the molecule is CC(=O)[O-].CCn1cc[n+](CCCOCCCOCCCOC)c1. The zero-order valence-electron chi connectivity index (χ0n) is 15.2. The van der Waals surface area contributed by atoms with Gasteiger partial charge in [-0.05, 0) is 26.7 Å². The standard InChI is InChI=1S/C15H29N2O3.C2H4O2/c1-3-16-8-9-17(15-16)7-4-11-19-13-6-14-20-12-5-10-18-2;1-2(3)4/h8-9,15H,3-7,10-14H2,1-2H3;1H3,(H,3,4)/q+1;/p-1. The van der Waals surface area contributed by atoms with Crippen molar-refractivity contribution < 1.29 is 28.7 Å². The molecule has 7 heteroatoms. The van der Waals surface area contributed by atoms with Crippen LogP contribution in [0.3, 0.4) is 0 Å². The van der Waals surface area contributed by atoms with E-state index in [1.54, 1.807) is 7.11 Å². The Bertz CT molecular complexity index is 405. The first kappa shape index (κ1) is 22.6. The number of methoxy groups -OCH3 is 1. The van der Waals surface area contributed by atoms with Crippen molar-refractivity contribution in [1.82, 2.24) is 4.57 Å². The van der Waals surface area contributed by atoms with Crippen LogP contribution in [0, 0.1) is 0 Å². The topological polar surface area (TPSA) is 76.6 Å². The molecule has 1 rings (SSSR count). The summed E-state index contributed by atoms with van der Waals surface area (Å²) >= 11 is 0. The van der Waals surface area contributed by atoms with Crippen LogP contribution in [0.1, 0.15) is 33.1 Å². The highest BCUT2D eigenvalue weighted by molar-refractivity contribution is 5.60. The second-order valence-corrected chi connectivity index (χ2v) is 5.25. The summed E-state index contributed by atoms with van der Waals surface area (Å²) < 4.78 is 20.4. The average Bonchev–Trinajstić information content (AvgIpc) is 3.00. The molecule has 0 bridgehead atoms. The van der Waals surface area contributed by atoms with Crippen LogP contribution in [0.2, 0.25) is 0 Å². The van der Waals surface area contributed by atoms with Crippen molar-refractivity contribution >= 4 is 5.97 Å². The van der Waals surface area contributed by atoms with E-state index in [9.17, 15) is 0 Å². The molecule has 0 unspecified atom stereocenters. The number of ether oxygens (including phenoxy) is 3. The molecule has 0 atom stereocenters. The number of nitrogens with zero attached hydrogens (tertiary/aromatic N) is 2. The number of rotatable bonds is 13. The number of aromatic nitrogens is 2. The zero-order chi connectivity index (χ0) is 18.0. The van der Waals surface area contributed by atoms with Gasteiger partial charge in [0, 0.05) is 45.9 Å². The van der Waals surface area contributed by atoms with E-state index in [1.165, 1.54) is 0 Å². The molecule has 140 valence electrons. The monoisotopic (exact) mass is 344 g/mol. The van der Waals surface area contributed by atoms with Gasteiger partial charge in [-0.2, -0.15) is 0 Å². The molecule has 1 heterocycles. The van der Waals surface area contributed by atoms with Gasteiger partial charge in [0.2, 0.25) is 6.33 Å². The number of carbonyl (C=O) groups is 1. The van der Waals surface area contributed by atoms with Gasteiger partial charge in [-0.3, -0.25) is 0 Å². The summed E-state index contributed by atoms with van der Waals surface area (Å²) in [6.07, 6.45) is 9.32. The third kappa shape index (κ3) is 15.5. The normalized spacial score (nSPS) is 10.3. The maximum Gasteiger partial charge on any atom is 0.243 e. The molecular weight excluding hydrogens is 312 g/mol. The van der Waals surface area contributed by atoms with Crippen LogP contribution in [-0.4, -0.2) is 50.7 Å². The summed E-state index contributed by atoms with van der Waals surface area (Å²) in [6, 6.07) is 0. The minimum Gasteiger partial charge on any atom is -0.550 e. The number of aryl methyl sites for hydroxylation is 2. The van der Waals surface area contributed by atoms with Gasteiger partial charge in [0.05, 0.1) is 19.7 Å². The molecule has 1 aromatic rings. The molecule has 7 nitrogen and oxygen atoms in total. The number of aliphatic carboxylic acids is 1. The van der Waals surface area contributed by atoms with Crippen LogP contribution in [-0.2, 0) is 32.1 Å². The minimum absolute atomic E-state index is 0.772. The fourth-order valence-electron chi connectivity index (χ4n) is 1.88. The molecule has 0 amide bonds. The van der Waals surface area contributed by atoms with Crippen LogP contribution in [0.5, 0.6) is 0 Å². The average molecular weight is 344 g/mol. The van der Waals surface area contributed by atoms with E-state index in [-0.39, 0.29) is 0 Å². The lowest BCUT2D eigenvalue weighted by atomic mass is 10.4. The van der Waals surface area contributed by atoms with Crippen LogP contribution >= 0.6 is 0 Å². The molecule has 0 aliphatic carbocycles. The molecule has 0 aliphatic heterocycles. The Morgan fingerprint density at radius 1 is 1.08 bits per heavy atom. The lowest BCUT2D eigenvalue weighted by Crippen LogP contribution is -2.31. The van der Waals surface area contributed by atoms with E-state index >= 15 is 0 Å². The van der Waals surface area contributed by atoms with Gasteiger partial charge in [0.15, 0.2) is 0 Å². The smallest absolute Gasteiger partial charge is 0.243 e. The molecule has 0 aliphatic rings. The third-order valence-electron chi connectivity index (χ3n) is 3.03. The Morgan fingerprint density at radius 3 is 2.12 bits per heavy atom. The minimum atomic E-state index is -1.08. The maximum atomic E-state index is 8.89. The molecule has 0 aromatic carbocycles. The van der Waals surface area contributed by atoms with Crippen molar-refractivity contribution in [3.05, 3.63) is 18.7 Å². The number of carboxylic acids is 1. The summed E-state index contributed by atoms with van der Waals surface area (Å²) in [5, 5.41) is 8.89. The fraction of sp³-hybridized carbons (Fsp3) is 0.765. The Labute approximate surface area is 145 Å². The molecular formula is C17H32N2O5. The van der Waals surface area contributed by atoms with E-state index < -0.39 is 5.97 Å². The Kier molecular flexibility index (Phi) is 15.4. The van der Waals surface area contributed by atoms with Crippen molar-refractivity contribution in [2.45, 2.75) is 46.2 Å². The van der Waals surface area contributed by atoms with Gasteiger partial charge in [0.1, 0.15) is 12.4 Å². The van der Waals surface area contributed by atoms with Crippen LogP contribution < -0.4 is 9.67 Å². The number of carboxylic acid groups (broad SMARTS) is 1. The summed E-state index contributed by atoms with van der Waals surface area (Å²) in [7, 11) is 1.71. The number of carbonyl (C=O) groups excluding carboxylic acids is 1. The molecule has 0 fully saturated rings. The number of imidazole rings is 1. The van der Waals surface area contributed by atoms with E-state index in [4.69, 9.17) is 24.1 Å². The highest BCUT2D eigenvalue weighted by Gasteiger charge is 2.00. The first-order valence-corrected chi connectivity index (χ1v) is 8.47. The van der Waals surface area contributed by atoms with Crippen molar-refractivity contribution in [2.75, 3.05) is 40.1 Å². The van der Waals surface area contributed by atoms with E-state index in [1.807, 2.05) is 0 Å². The predicted molar refractivity (Wildman–Crippen MR) is 88.3 cm³/mol.